The SMILES string of the molecule is OC1C=C(C2CCOC3(CCCCC3)C2)CC1. The van der Waals surface area contributed by atoms with E-state index >= 15 is 0 Å². The number of allylic oxidation sites excluding steroid dienone is 1. The molecule has 0 aromatic heterocycles. The molecule has 0 aromatic rings. The Bertz CT molecular complexity index is 297. The summed E-state index contributed by atoms with van der Waals surface area (Å²) < 4.78 is 6.13. The van der Waals surface area contributed by atoms with E-state index in [1.165, 1.54) is 50.5 Å². The maximum Gasteiger partial charge on any atom is 0.0726 e. The van der Waals surface area contributed by atoms with Crippen LogP contribution >= 0.6 is 0 Å². The first kappa shape index (κ1) is 11.7. The first-order valence-corrected chi connectivity index (χ1v) is 7.30. The monoisotopic (exact) mass is 236 g/mol. The Hall–Kier alpha value is -0.340. The van der Waals surface area contributed by atoms with Gasteiger partial charge in [0.2, 0.25) is 0 Å². The van der Waals surface area contributed by atoms with Gasteiger partial charge in [0.15, 0.2) is 0 Å². The molecule has 2 nitrogen and oxygen atoms in total. The molecule has 1 N–H and O–H groups in total. The van der Waals surface area contributed by atoms with Crippen LogP contribution in [0.1, 0.15) is 57.8 Å². The Kier molecular flexibility index (Phi) is 3.27. The van der Waals surface area contributed by atoms with Crippen molar-refractivity contribution in [1.29, 1.82) is 0 Å². The summed E-state index contributed by atoms with van der Waals surface area (Å²) in [6.45, 7) is 0.929. The minimum atomic E-state index is -0.171. The van der Waals surface area contributed by atoms with Gasteiger partial charge in [-0.1, -0.05) is 30.9 Å². The van der Waals surface area contributed by atoms with E-state index in [-0.39, 0.29) is 11.7 Å². The summed E-state index contributed by atoms with van der Waals surface area (Å²) in [6.07, 6.45) is 13.0. The van der Waals surface area contributed by atoms with Crippen LogP contribution in [0.5, 0.6) is 0 Å². The van der Waals surface area contributed by atoms with Crippen LogP contribution in [0, 0.1) is 5.92 Å². The zero-order valence-corrected chi connectivity index (χ0v) is 10.7. The number of ether oxygens (including phenoxy) is 1. The summed E-state index contributed by atoms with van der Waals surface area (Å²) in [5.74, 6) is 0.694. The van der Waals surface area contributed by atoms with Crippen molar-refractivity contribution in [3.8, 4) is 0 Å². The second-order valence-electron chi connectivity index (χ2n) is 6.13. The summed E-state index contributed by atoms with van der Waals surface area (Å²) in [5.41, 5.74) is 1.72. The highest BCUT2D eigenvalue weighted by Gasteiger charge is 2.39. The number of rotatable bonds is 1. The maximum absolute atomic E-state index is 9.62. The van der Waals surface area contributed by atoms with Gasteiger partial charge in [-0.05, 0) is 44.4 Å². The second kappa shape index (κ2) is 4.74. The minimum absolute atomic E-state index is 0.171. The van der Waals surface area contributed by atoms with E-state index in [9.17, 15) is 5.11 Å². The van der Waals surface area contributed by atoms with Gasteiger partial charge >= 0.3 is 0 Å². The fourth-order valence-electron chi connectivity index (χ4n) is 3.96. The standard InChI is InChI=1S/C15H24O2/c16-14-5-4-12(10-14)13-6-9-17-15(11-13)7-2-1-3-8-15/h10,13-14,16H,1-9,11H2. The topological polar surface area (TPSA) is 29.5 Å². The average Bonchev–Trinajstić information content (AvgIpc) is 2.77. The molecule has 0 aromatic carbocycles. The Morgan fingerprint density at radius 2 is 2.00 bits per heavy atom. The Morgan fingerprint density at radius 1 is 1.18 bits per heavy atom. The van der Waals surface area contributed by atoms with Crippen molar-refractivity contribution in [3.63, 3.8) is 0 Å². The number of hydrogen-bond acceptors (Lipinski definition) is 2. The van der Waals surface area contributed by atoms with E-state index in [2.05, 4.69) is 6.08 Å². The van der Waals surface area contributed by atoms with E-state index in [0.29, 0.717) is 5.92 Å². The number of hydrogen-bond donors (Lipinski definition) is 1. The molecule has 2 fully saturated rings. The third kappa shape index (κ3) is 2.43. The number of aliphatic hydroxyl groups is 1. The van der Waals surface area contributed by atoms with Crippen molar-refractivity contribution in [1.82, 2.24) is 0 Å². The van der Waals surface area contributed by atoms with Crippen molar-refractivity contribution in [3.05, 3.63) is 11.6 Å². The normalized spacial score (nSPS) is 37.1. The van der Waals surface area contributed by atoms with Crippen LogP contribution in [-0.4, -0.2) is 23.4 Å². The van der Waals surface area contributed by atoms with Gasteiger partial charge in [0.05, 0.1) is 11.7 Å². The lowest BCUT2D eigenvalue weighted by atomic mass is 9.74. The molecule has 1 heterocycles. The van der Waals surface area contributed by atoms with E-state index in [1.54, 1.807) is 0 Å². The molecular formula is C15H24O2. The highest BCUT2D eigenvalue weighted by molar-refractivity contribution is 5.17. The van der Waals surface area contributed by atoms with Crippen LogP contribution in [0.2, 0.25) is 0 Å². The molecule has 1 saturated heterocycles. The van der Waals surface area contributed by atoms with E-state index in [0.717, 1.165) is 19.4 Å². The van der Waals surface area contributed by atoms with Crippen molar-refractivity contribution < 1.29 is 9.84 Å². The molecule has 2 heteroatoms. The summed E-state index contributed by atoms with van der Waals surface area (Å²) in [7, 11) is 0. The zero-order valence-electron chi connectivity index (χ0n) is 10.7. The van der Waals surface area contributed by atoms with Crippen LogP contribution < -0.4 is 0 Å². The molecule has 0 bridgehead atoms. The quantitative estimate of drug-likeness (QED) is 0.708. The highest BCUT2D eigenvalue weighted by Crippen LogP contribution is 2.44. The third-order valence-electron chi connectivity index (χ3n) is 4.92. The van der Waals surface area contributed by atoms with Crippen LogP contribution in [0.15, 0.2) is 11.6 Å². The molecule has 96 valence electrons. The van der Waals surface area contributed by atoms with Gasteiger partial charge in [0.25, 0.3) is 0 Å². The third-order valence-corrected chi connectivity index (χ3v) is 4.92. The molecule has 2 unspecified atom stereocenters. The highest BCUT2D eigenvalue weighted by atomic mass is 16.5. The lowest BCUT2D eigenvalue weighted by molar-refractivity contribution is -0.112. The second-order valence-corrected chi connectivity index (χ2v) is 6.13. The van der Waals surface area contributed by atoms with Gasteiger partial charge in [0, 0.05) is 6.61 Å². The van der Waals surface area contributed by atoms with Gasteiger partial charge in [-0.3, -0.25) is 0 Å². The van der Waals surface area contributed by atoms with Gasteiger partial charge < -0.3 is 9.84 Å². The zero-order chi connectivity index (χ0) is 11.7. The molecule has 3 aliphatic rings. The largest absolute Gasteiger partial charge is 0.389 e. The molecule has 0 amide bonds. The first-order chi connectivity index (χ1) is 8.27. The van der Waals surface area contributed by atoms with Crippen LogP contribution in [0.25, 0.3) is 0 Å². The first-order valence-electron chi connectivity index (χ1n) is 7.30. The molecule has 0 radical (unpaired) electrons. The maximum atomic E-state index is 9.62. The van der Waals surface area contributed by atoms with Crippen molar-refractivity contribution >= 4 is 0 Å². The van der Waals surface area contributed by atoms with E-state index in [1.807, 2.05) is 0 Å². The average molecular weight is 236 g/mol. The predicted octanol–water partition coefficient (Wildman–Crippen LogP) is 3.20. The molecule has 2 aliphatic carbocycles. The van der Waals surface area contributed by atoms with Crippen LogP contribution in [-0.2, 0) is 4.74 Å². The summed E-state index contributed by atoms with van der Waals surface area (Å²) in [6, 6.07) is 0. The van der Waals surface area contributed by atoms with Crippen molar-refractivity contribution in [2.45, 2.75) is 69.5 Å². The van der Waals surface area contributed by atoms with Crippen molar-refractivity contribution in [2.75, 3.05) is 6.61 Å². The molecule has 2 atom stereocenters. The smallest absolute Gasteiger partial charge is 0.0726 e. The molecule has 1 aliphatic heterocycles. The van der Waals surface area contributed by atoms with E-state index < -0.39 is 0 Å². The lowest BCUT2D eigenvalue weighted by Gasteiger charge is -2.44. The van der Waals surface area contributed by atoms with Gasteiger partial charge in [-0.15, -0.1) is 0 Å². The Morgan fingerprint density at radius 3 is 2.71 bits per heavy atom. The van der Waals surface area contributed by atoms with Crippen LogP contribution in [0.4, 0.5) is 0 Å². The molecule has 1 spiro atoms. The molecular weight excluding hydrogens is 212 g/mol. The summed E-state index contributed by atoms with van der Waals surface area (Å²) >= 11 is 0. The Balaban J connectivity index is 1.69. The van der Waals surface area contributed by atoms with E-state index in [4.69, 9.17) is 4.74 Å². The van der Waals surface area contributed by atoms with Crippen LogP contribution in [0.3, 0.4) is 0 Å². The summed E-state index contributed by atoms with van der Waals surface area (Å²) in [5, 5.41) is 9.62. The minimum Gasteiger partial charge on any atom is -0.389 e. The Labute approximate surface area is 104 Å². The number of aliphatic hydroxyl groups excluding tert-OH is 1. The summed E-state index contributed by atoms with van der Waals surface area (Å²) in [4.78, 5) is 0. The van der Waals surface area contributed by atoms with Crippen molar-refractivity contribution in [2.24, 2.45) is 5.92 Å². The predicted molar refractivity (Wildman–Crippen MR) is 67.8 cm³/mol. The fourth-order valence-corrected chi connectivity index (χ4v) is 3.96. The fraction of sp³-hybridized carbons (Fsp3) is 0.867. The van der Waals surface area contributed by atoms with Gasteiger partial charge in [-0.25, -0.2) is 0 Å². The molecule has 3 rings (SSSR count). The molecule has 17 heavy (non-hydrogen) atoms. The van der Waals surface area contributed by atoms with Gasteiger partial charge in [0.1, 0.15) is 0 Å². The van der Waals surface area contributed by atoms with Gasteiger partial charge in [-0.2, -0.15) is 0 Å². The lowest BCUT2D eigenvalue weighted by Crippen LogP contribution is -2.41. The molecule has 1 saturated carbocycles.